The van der Waals surface area contributed by atoms with E-state index in [0.717, 1.165) is 31.4 Å². The summed E-state index contributed by atoms with van der Waals surface area (Å²) in [6.07, 6.45) is 4.88. The number of rotatable bonds is 5. The molecule has 0 saturated heterocycles. The molecule has 0 fully saturated rings. The lowest BCUT2D eigenvalue weighted by molar-refractivity contribution is 0.324. The number of hydrogen-bond acceptors (Lipinski definition) is 2. The van der Waals surface area contributed by atoms with Crippen LogP contribution in [0.2, 0.25) is 0 Å². The van der Waals surface area contributed by atoms with Crippen molar-refractivity contribution in [2.75, 3.05) is 13.2 Å². The first-order valence-electron chi connectivity index (χ1n) is 5.03. The predicted octanol–water partition coefficient (Wildman–Crippen LogP) is 2.63. The van der Waals surface area contributed by atoms with Gasteiger partial charge in [0, 0.05) is 6.42 Å². The van der Waals surface area contributed by atoms with Crippen LogP contribution >= 0.6 is 0 Å². The van der Waals surface area contributed by atoms with Crippen LogP contribution in [0.3, 0.4) is 0 Å². The van der Waals surface area contributed by atoms with Gasteiger partial charge in [-0.2, -0.15) is 0 Å². The summed E-state index contributed by atoms with van der Waals surface area (Å²) in [5.41, 5.74) is 0. The zero-order valence-corrected chi connectivity index (χ0v) is 8.18. The number of nitrogens with zero attached hydrogens (tertiary/aromatic N) is 1. The third-order valence-electron chi connectivity index (χ3n) is 2.39. The molecule has 2 nitrogen and oxygen atoms in total. The Labute approximate surface area is 75.0 Å². The van der Waals surface area contributed by atoms with Crippen molar-refractivity contribution in [3.05, 3.63) is 0 Å². The lowest BCUT2D eigenvalue weighted by Gasteiger charge is -2.12. The zero-order chi connectivity index (χ0) is 8.81. The monoisotopic (exact) mass is 169 g/mol. The molecule has 0 radical (unpaired) electrons. The lowest BCUT2D eigenvalue weighted by atomic mass is 9.97. The van der Waals surface area contributed by atoms with Crippen molar-refractivity contribution in [2.24, 2.45) is 10.9 Å². The normalized spacial score (nSPS) is 18.7. The highest BCUT2D eigenvalue weighted by Crippen LogP contribution is 2.17. The molecule has 1 aliphatic rings. The van der Waals surface area contributed by atoms with Crippen molar-refractivity contribution in [1.29, 1.82) is 0 Å². The molecular formula is C10H19NO. The van der Waals surface area contributed by atoms with Gasteiger partial charge in [-0.1, -0.05) is 33.1 Å². The maximum atomic E-state index is 5.38. The van der Waals surface area contributed by atoms with Crippen LogP contribution < -0.4 is 0 Å². The summed E-state index contributed by atoms with van der Waals surface area (Å²) in [4.78, 5) is 4.30. The third kappa shape index (κ3) is 2.84. The first kappa shape index (κ1) is 9.56. The van der Waals surface area contributed by atoms with Crippen molar-refractivity contribution in [2.45, 2.75) is 39.5 Å². The molecule has 0 N–H and O–H groups in total. The summed E-state index contributed by atoms with van der Waals surface area (Å²) in [5.74, 6) is 1.78. The fourth-order valence-electron chi connectivity index (χ4n) is 1.61. The molecule has 70 valence electrons. The topological polar surface area (TPSA) is 21.6 Å². The molecule has 0 aromatic carbocycles. The Morgan fingerprint density at radius 2 is 2.33 bits per heavy atom. The predicted molar refractivity (Wildman–Crippen MR) is 51.6 cm³/mol. The van der Waals surface area contributed by atoms with E-state index in [1.165, 1.54) is 19.3 Å². The van der Waals surface area contributed by atoms with E-state index in [9.17, 15) is 0 Å². The maximum Gasteiger partial charge on any atom is 0.183 e. The number of aliphatic imine (C=N–C) groups is 1. The Morgan fingerprint density at radius 3 is 2.83 bits per heavy atom. The van der Waals surface area contributed by atoms with Crippen molar-refractivity contribution < 1.29 is 4.74 Å². The summed E-state index contributed by atoms with van der Waals surface area (Å²) in [6, 6.07) is 0. The molecule has 0 saturated carbocycles. The van der Waals surface area contributed by atoms with E-state index in [1.807, 2.05) is 0 Å². The molecule has 1 heterocycles. The van der Waals surface area contributed by atoms with Crippen molar-refractivity contribution in [3.8, 4) is 0 Å². The largest absolute Gasteiger partial charge is 0.479 e. The van der Waals surface area contributed by atoms with Gasteiger partial charge in [0.15, 0.2) is 5.90 Å². The molecular weight excluding hydrogens is 150 g/mol. The van der Waals surface area contributed by atoms with Gasteiger partial charge in [0.05, 0.1) is 6.54 Å². The minimum absolute atomic E-state index is 0.784. The molecule has 0 aromatic heterocycles. The average molecular weight is 169 g/mol. The van der Waals surface area contributed by atoms with E-state index in [4.69, 9.17) is 4.74 Å². The average Bonchev–Trinajstić information content (AvgIpc) is 2.56. The van der Waals surface area contributed by atoms with Gasteiger partial charge in [0.2, 0.25) is 0 Å². The van der Waals surface area contributed by atoms with Crippen LogP contribution in [-0.4, -0.2) is 19.0 Å². The Bertz CT molecular complexity index is 154. The summed E-state index contributed by atoms with van der Waals surface area (Å²) in [5, 5.41) is 0. The molecule has 2 heteroatoms. The standard InChI is InChI=1S/C10H19NO/c1-3-5-9(4-2)8-10-11-6-7-12-10/h9H,3-8H2,1-2H3. The Balaban J connectivity index is 2.25. The van der Waals surface area contributed by atoms with Gasteiger partial charge < -0.3 is 4.74 Å². The van der Waals surface area contributed by atoms with Gasteiger partial charge in [-0.15, -0.1) is 0 Å². The molecule has 0 spiro atoms. The Hall–Kier alpha value is -0.530. The molecule has 0 aliphatic carbocycles. The molecule has 0 aromatic rings. The minimum atomic E-state index is 0.784. The van der Waals surface area contributed by atoms with Gasteiger partial charge in [-0.3, -0.25) is 4.99 Å². The fraction of sp³-hybridized carbons (Fsp3) is 0.900. The fourth-order valence-corrected chi connectivity index (χ4v) is 1.61. The van der Waals surface area contributed by atoms with Crippen LogP contribution in [0, 0.1) is 5.92 Å². The second-order valence-electron chi connectivity index (χ2n) is 3.39. The van der Waals surface area contributed by atoms with Crippen LogP contribution in [-0.2, 0) is 4.74 Å². The molecule has 1 aliphatic heterocycles. The highest BCUT2D eigenvalue weighted by Gasteiger charge is 2.13. The van der Waals surface area contributed by atoms with E-state index < -0.39 is 0 Å². The third-order valence-corrected chi connectivity index (χ3v) is 2.39. The first-order chi connectivity index (χ1) is 5.86. The first-order valence-corrected chi connectivity index (χ1v) is 5.03. The molecule has 0 bridgehead atoms. The lowest BCUT2D eigenvalue weighted by Crippen LogP contribution is -2.08. The van der Waals surface area contributed by atoms with Gasteiger partial charge in [0.1, 0.15) is 6.61 Å². The summed E-state index contributed by atoms with van der Waals surface area (Å²) >= 11 is 0. The van der Waals surface area contributed by atoms with Crippen LogP contribution in [0.15, 0.2) is 4.99 Å². The van der Waals surface area contributed by atoms with Gasteiger partial charge in [-0.25, -0.2) is 0 Å². The Kier molecular flexibility index (Phi) is 4.12. The maximum absolute atomic E-state index is 5.38. The van der Waals surface area contributed by atoms with Gasteiger partial charge in [-0.05, 0) is 5.92 Å². The quantitative estimate of drug-likeness (QED) is 0.620. The molecule has 12 heavy (non-hydrogen) atoms. The smallest absolute Gasteiger partial charge is 0.183 e. The highest BCUT2D eigenvalue weighted by molar-refractivity contribution is 5.77. The second kappa shape index (κ2) is 5.18. The van der Waals surface area contributed by atoms with E-state index in [2.05, 4.69) is 18.8 Å². The number of ether oxygens (including phenoxy) is 1. The molecule has 1 rings (SSSR count). The SMILES string of the molecule is CCCC(CC)CC1=NCCO1. The highest BCUT2D eigenvalue weighted by atomic mass is 16.5. The molecule has 0 amide bonds. The van der Waals surface area contributed by atoms with Crippen molar-refractivity contribution in [3.63, 3.8) is 0 Å². The zero-order valence-electron chi connectivity index (χ0n) is 8.18. The summed E-state index contributed by atoms with van der Waals surface area (Å²) < 4.78 is 5.38. The van der Waals surface area contributed by atoms with Crippen LogP contribution in [0.5, 0.6) is 0 Å². The van der Waals surface area contributed by atoms with Crippen molar-refractivity contribution in [1.82, 2.24) is 0 Å². The van der Waals surface area contributed by atoms with E-state index in [-0.39, 0.29) is 0 Å². The number of hydrogen-bond donors (Lipinski definition) is 0. The van der Waals surface area contributed by atoms with Crippen LogP contribution in [0.25, 0.3) is 0 Å². The van der Waals surface area contributed by atoms with Gasteiger partial charge >= 0.3 is 0 Å². The van der Waals surface area contributed by atoms with E-state index >= 15 is 0 Å². The van der Waals surface area contributed by atoms with Gasteiger partial charge in [0.25, 0.3) is 0 Å². The van der Waals surface area contributed by atoms with E-state index in [1.54, 1.807) is 0 Å². The molecule has 1 atom stereocenters. The van der Waals surface area contributed by atoms with E-state index in [0.29, 0.717) is 0 Å². The second-order valence-corrected chi connectivity index (χ2v) is 3.39. The minimum Gasteiger partial charge on any atom is -0.479 e. The Morgan fingerprint density at radius 1 is 1.50 bits per heavy atom. The summed E-state index contributed by atoms with van der Waals surface area (Å²) in [6.45, 7) is 6.16. The summed E-state index contributed by atoms with van der Waals surface area (Å²) in [7, 11) is 0. The molecule has 1 unspecified atom stereocenters. The van der Waals surface area contributed by atoms with Crippen LogP contribution in [0.1, 0.15) is 39.5 Å². The van der Waals surface area contributed by atoms with Crippen LogP contribution in [0.4, 0.5) is 0 Å². The van der Waals surface area contributed by atoms with Crippen molar-refractivity contribution >= 4 is 5.90 Å².